The zero-order valence-corrected chi connectivity index (χ0v) is 11.4. The van der Waals surface area contributed by atoms with Crippen LogP contribution in [0.2, 0.25) is 10.3 Å². The van der Waals surface area contributed by atoms with E-state index in [1.165, 1.54) is 6.07 Å². The summed E-state index contributed by atoms with van der Waals surface area (Å²) in [7, 11) is 0. The molecule has 0 aliphatic rings. The number of benzene rings is 1. The van der Waals surface area contributed by atoms with Gasteiger partial charge in [-0.1, -0.05) is 17.7 Å². The SMILES string of the molecule is Cc1nc(Cl)n2ccnc2c1-c1c(F)cccc1Cl. The molecule has 0 saturated heterocycles. The molecule has 0 saturated carbocycles. The molecule has 0 unspecified atom stereocenters. The number of halogens is 3. The van der Waals surface area contributed by atoms with Crippen LogP contribution in [0, 0.1) is 12.7 Å². The van der Waals surface area contributed by atoms with Crippen molar-refractivity contribution in [2.75, 3.05) is 0 Å². The predicted octanol–water partition coefficient (Wildman–Crippen LogP) is 4.15. The van der Waals surface area contributed by atoms with Crippen LogP contribution in [0.15, 0.2) is 30.6 Å². The molecule has 0 bridgehead atoms. The first-order valence-corrected chi connectivity index (χ1v) is 6.28. The Morgan fingerprint density at radius 1 is 1.21 bits per heavy atom. The normalized spacial score (nSPS) is 11.2. The molecule has 0 aliphatic carbocycles. The van der Waals surface area contributed by atoms with Crippen molar-refractivity contribution in [2.24, 2.45) is 0 Å². The average Bonchev–Trinajstić information content (AvgIpc) is 2.82. The Labute approximate surface area is 118 Å². The van der Waals surface area contributed by atoms with E-state index in [9.17, 15) is 4.39 Å². The van der Waals surface area contributed by atoms with Crippen LogP contribution in [-0.4, -0.2) is 14.4 Å². The first-order valence-electron chi connectivity index (χ1n) is 5.53. The highest BCUT2D eigenvalue weighted by molar-refractivity contribution is 6.33. The van der Waals surface area contributed by atoms with Gasteiger partial charge < -0.3 is 0 Å². The maximum absolute atomic E-state index is 14.1. The molecular formula is C13H8Cl2FN3. The summed E-state index contributed by atoms with van der Waals surface area (Å²) in [6.07, 6.45) is 3.25. The van der Waals surface area contributed by atoms with E-state index in [0.717, 1.165) is 0 Å². The molecule has 0 spiro atoms. The van der Waals surface area contributed by atoms with Crippen molar-refractivity contribution >= 4 is 28.8 Å². The lowest BCUT2D eigenvalue weighted by atomic mass is 10.0. The third kappa shape index (κ3) is 1.88. The van der Waals surface area contributed by atoms with Gasteiger partial charge in [0.15, 0.2) is 0 Å². The van der Waals surface area contributed by atoms with Crippen LogP contribution in [0.5, 0.6) is 0 Å². The molecule has 0 aliphatic heterocycles. The van der Waals surface area contributed by atoms with Crippen LogP contribution in [-0.2, 0) is 0 Å². The first kappa shape index (κ1) is 12.4. The molecule has 0 amide bonds. The number of hydrogen-bond acceptors (Lipinski definition) is 2. The molecule has 19 heavy (non-hydrogen) atoms. The fourth-order valence-electron chi connectivity index (χ4n) is 2.08. The van der Waals surface area contributed by atoms with E-state index in [4.69, 9.17) is 23.2 Å². The summed E-state index contributed by atoms with van der Waals surface area (Å²) in [5, 5.41) is 0.596. The van der Waals surface area contributed by atoms with Crippen molar-refractivity contribution in [2.45, 2.75) is 6.92 Å². The van der Waals surface area contributed by atoms with Gasteiger partial charge >= 0.3 is 0 Å². The highest BCUT2D eigenvalue weighted by Crippen LogP contribution is 2.35. The van der Waals surface area contributed by atoms with Crippen LogP contribution in [0.4, 0.5) is 4.39 Å². The maximum atomic E-state index is 14.1. The summed E-state index contributed by atoms with van der Waals surface area (Å²) in [5.41, 5.74) is 1.96. The number of aryl methyl sites for hydroxylation is 1. The second-order valence-corrected chi connectivity index (χ2v) is 4.80. The zero-order chi connectivity index (χ0) is 13.6. The van der Waals surface area contributed by atoms with E-state index in [2.05, 4.69) is 9.97 Å². The summed E-state index contributed by atoms with van der Waals surface area (Å²) < 4.78 is 15.7. The van der Waals surface area contributed by atoms with Gasteiger partial charge in [-0.15, -0.1) is 0 Å². The number of hydrogen-bond donors (Lipinski definition) is 0. The third-order valence-electron chi connectivity index (χ3n) is 2.90. The maximum Gasteiger partial charge on any atom is 0.208 e. The van der Waals surface area contributed by atoms with Crippen molar-refractivity contribution in [1.82, 2.24) is 14.4 Å². The molecule has 0 fully saturated rings. The fourth-order valence-corrected chi connectivity index (χ4v) is 2.60. The van der Waals surface area contributed by atoms with Crippen molar-refractivity contribution < 1.29 is 4.39 Å². The molecule has 3 rings (SSSR count). The molecule has 96 valence electrons. The van der Waals surface area contributed by atoms with Crippen molar-refractivity contribution in [3.63, 3.8) is 0 Å². The molecule has 0 radical (unpaired) electrons. The van der Waals surface area contributed by atoms with Gasteiger partial charge in [0.05, 0.1) is 16.3 Å². The van der Waals surface area contributed by atoms with Crippen molar-refractivity contribution in [3.05, 3.63) is 52.4 Å². The molecule has 1 aromatic carbocycles. The number of aromatic nitrogens is 3. The van der Waals surface area contributed by atoms with Gasteiger partial charge in [-0.2, -0.15) is 0 Å². The van der Waals surface area contributed by atoms with Crippen LogP contribution in [0.1, 0.15) is 5.69 Å². The van der Waals surface area contributed by atoms with E-state index in [-0.39, 0.29) is 5.28 Å². The van der Waals surface area contributed by atoms with Gasteiger partial charge in [0, 0.05) is 18.0 Å². The van der Waals surface area contributed by atoms with E-state index in [0.29, 0.717) is 27.5 Å². The number of rotatable bonds is 1. The quantitative estimate of drug-likeness (QED) is 0.631. The predicted molar refractivity (Wildman–Crippen MR) is 73.1 cm³/mol. The number of nitrogens with zero attached hydrogens (tertiary/aromatic N) is 3. The van der Waals surface area contributed by atoms with Gasteiger partial charge in [-0.05, 0) is 30.7 Å². The highest BCUT2D eigenvalue weighted by atomic mass is 35.5. The second kappa shape index (κ2) is 4.47. The largest absolute Gasteiger partial charge is 0.274 e. The van der Waals surface area contributed by atoms with Gasteiger partial charge in [0.25, 0.3) is 0 Å². The zero-order valence-electron chi connectivity index (χ0n) is 9.86. The molecular weight excluding hydrogens is 288 g/mol. The monoisotopic (exact) mass is 295 g/mol. The van der Waals surface area contributed by atoms with Gasteiger partial charge in [-0.25, -0.2) is 14.4 Å². The molecule has 2 heterocycles. The fraction of sp³-hybridized carbons (Fsp3) is 0.0769. The minimum absolute atomic E-state index is 0.279. The third-order valence-corrected chi connectivity index (χ3v) is 3.48. The summed E-state index contributed by atoms with van der Waals surface area (Å²) in [6.45, 7) is 1.75. The Kier molecular flexibility index (Phi) is 2.92. The lowest BCUT2D eigenvalue weighted by Gasteiger charge is -2.11. The van der Waals surface area contributed by atoms with E-state index in [1.54, 1.807) is 35.9 Å². The summed E-state index contributed by atoms with van der Waals surface area (Å²) in [5.74, 6) is -0.412. The lowest BCUT2D eigenvalue weighted by Crippen LogP contribution is -1.99. The molecule has 3 nitrogen and oxygen atoms in total. The highest BCUT2D eigenvalue weighted by Gasteiger charge is 2.18. The van der Waals surface area contributed by atoms with Crippen molar-refractivity contribution in [1.29, 1.82) is 0 Å². The molecule has 3 aromatic rings. The lowest BCUT2D eigenvalue weighted by molar-refractivity contribution is 0.631. The number of fused-ring (bicyclic) bond motifs is 1. The summed E-state index contributed by atoms with van der Waals surface area (Å²) in [6, 6.07) is 4.55. The minimum atomic E-state index is -0.412. The smallest absolute Gasteiger partial charge is 0.208 e. The number of imidazole rings is 1. The minimum Gasteiger partial charge on any atom is -0.274 e. The standard InChI is InChI=1S/C13H8Cl2FN3/c1-7-10(11-8(14)3-2-4-9(11)16)12-17-5-6-19(12)13(15)18-7/h2-6H,1H3. The van der Waals surface area contributed by atoms with Gasteiger partial charge in [0.2, 0.25) is 5.28 Å². The van der Waals surface area contributed by atoms with Crippen LogP contribution in [0.3, 0.4) is 0 Å². The van der Waals surface area contributed by atoms with E-state index in [1.807, 2.05) is 0 Å². The van der Waals surface area contributed by atoms with Crippen LogP contribution in [0.25, 0.3) is 16.8 Å². The Morgan fingerprint density at radius 3 is 2.74 bits per heavy atom. The van der Waals surface area contributed by atoms with Crippen LogP contribution >= 0.6 is 23.2 Å². The Bertz CT molecular complexity index is 763. The van der Waals surface area contributed by atoms with Crippen LogP contribution < -0.4 is 0 Å². The molecule has 2 aromatic heterocycles. The topological polar surface area (TPSA) is 30.2 Å². The Morgan fingerprint density at radius 2 is 2.00 bits per heavy atom. The molecule has 6 heteroatoms. The van der Waals surface area contributed by atoms with E-state index >= 15 is 0 Å². The van der Waals surface area contributed by atoms with Crippen molar-refractivity contribution in [3.8, 4) is 11.1 Å². The summed E-state index contributed by atoms with van der Waals surface area (Å²) >= 11 is 12.1. The second-order valence-electron chi connectivity index (χ2n) is 4.06. The molecule has 0 N–H and O–H groups in total. The molecule has 0 atom stereocenters. The van der Waals surface area contributed by atoms with E-state index < -0.39 is 5.82 Å². The van der Waals surface area contributed by atoms with Gasteiger partial charge in [-0.3, -0.25) is 4.40 Å². The Hall–Kier alpha value is -1.65. The average molecular weight is 296 g/mol. The first-order chi connectivity index (χ1) is 9.09. The Balaban J connectivity index is 2.46. The van der Waals surface area contributed by atoms with Gasteiger partial charge in [0.1, 0.15) is 11.5 Å². The summed E-state index contributed by atoms with van der Waals surface area (Å²) in [4.78, 5) is 8.41.